The molecule has 1 nitrogen and oxygen atoms in total. The summed E-state index contributed by atoms with van der Waals surface area (Å²) in [6, 6.07) is 4.06. The maximum atomic E-state index is 4.16. The van der Waals surface area contributed by atoms with Crippen LogP contribution in [0.3, 0.4) is 0 Å². The molecular weight excluding hydrogens is 202 g/mol. The van der Waals surface area contributed by atoms with Gasteiger partial charge in [0, 0.05) is 6.20 Å². The zero-order chi connectivity index (χ0) is 8.48. The first-order valence-corrected chi connectivity index (χ1v) is 4.42. The van der Waals surface area contributed by atoms with Crippen molar-refractivity contribution in [3.63, 3.8) is 0 Å². The van der Waals surface area contributed by atoms with Gasteiger partial charge in [-0.05, 0) is 33.0 Å². The summed E-state index contributed by atoms with van der Waals surface area (Å²) in [5.41, 5.74) is 1.42. The van der Waals surface area contributed by atoms with Crippen LogP contribution in [0.1, 0.15) is 26.3 Å². The first kappa shape index (κ1) is 8.72. The van der Waals surface area contributed by atoms with Gasteiger partial charge in [-0.25, -0.2) is 4.98 Å². The molecule has 60 valence electrons. The van der Waals surface area contributed by atoms with Crippen molar-refractivity contribution in [2.75, 3.05) is 0 Å². The Bertz CT molecular complexity index is 250. The summed E-state index contributed by atoms with van der Waals surface area (Å²) in [6.07, 6.45) is 1.79. The van der Waals surface area contributed by atoms with Crippen LogP contribution in [0, 0.1) is 0 Å². The van der Waals surface area contributed by atoms with Gasteiger partial charge in [0.2, 0.25) is 0 Å². The normalized spacial score (nSPS) is 11.6. The summed E-state index contributed by atoms with van der Waals surface area (Å²) in [5.74, 6) is 0. The van der Waals surface area contributed by atoms with Crippen LogP contribution in [-0.4, -0.2) is 4.98 Å². The molecule has 2 heteroatoms. The van der Waals surface area contributed by atoms with Gasteiger partial charge in [0.05, 0.1) is 0 Å². The molecule has 0 atom stereocenters. The van der Waals surface area contributed by atoms with Crippen molar-refractivity contribution in [2.24, 2.45) is 0 Å². The molecular formula is C9H12BrN. The van der Waals surface area contributed by atoms with Crippen molar-refractivity contribution >= 4 is 15.9 Å². The summed E-state index contributed by atoms with van der Waals surface area (Å²) < 4.78 is 0.951. The van der Waals surface area contributed by atoms with E-state index in [1.54, 1.807) is 6.20 Å². The first-order valence-electron chi connectivity index (χ1n) is 3.63. The first-order chi connectivity index (χ1) is 5.02. The predicted molar refractivity (Wildman–Crippen MR) is 50.6 cm³/mol. The van der Waals surface area contributed by atoms with Gasteiger partial charge in [-0.15, -0.1) is 0 Å². The fourth-order valence-electron chi connectivity index (χ4n) is 0.945. The van der Waals surface area contributed by atoms with E-state index < -0.39 is 0 Å². The monoisotopic (exact) mass is 213 g/mol. The molecule has 1 aromatic heterocycles. The average molecular weight is 214 g/mol. The number of hydrogen-bond acceptors (Lipinski definition) is 1. The van der Waals surface area contributed by atoms with Crippen molar-refractivity contribution < 1.29 is 0 Å². The third kappa shape index (κ3) is 2.03. The number of rotatable bonds is 0. The van der Waals surface area contributed by atoms with Gasteiger partial charge in [0.1, 0.15) is 4.60 Å². The third-order valence-corrected chi connectivity index (χ3v) is 2.20. The Morgan fingerprint density at radius 2 is 2.00 bits per heavy atom. The fraction of sp³-hybridized carbons (Fsp3) is 0.444. The number of pyridine rings is 1. The summed E-state index contributed by atoms with van der Waals surface area (Å²) in [5, 5.41) is 0. The lowest BCUT2D eigenvalue weighted by atomic mass is 9.88. The summed E-state index contributed by atoms with van der Waals surface area (Å²) in [4.78, 5) is 4.16. The van der Waals surface area contributed by atoms with Crippen LogP contribution in [0.15, 0.2) is 22.9 Å². The Morgan fingerprint density at radius 3 is 2.36 bits per heavy atom. The van der Waals surface area contributed by atoms with Crippen LogP contribution in [-0.2, 0) is 5.41 Å². The van der Waals surface area contributed by atoms with Crippen molar-refractivity contribution in [1.29, 1.82) is 0 Å². The van der Waals surface area contributed by atoms with Gasteiger partial charge >= 0.3 is 0 Å². The molecule has 0 aliphatic heterocycles. The quantitative estimate of drug-likeness (QED) is 0.604. The van der Waals surface area contributed by atoms with Gasteiger partial charge in [-0.3, -0.25) is 0 Å². The van der Waals surface area contributed by atoms with Crippen LogP contribution in [0.4, 0.5) is 0 Å². The highest BCUT2D eigenvalue weighted by Crippen LogP contribution is 2.27. The molecule has 0 saturated heterocycles. The lowest BCUT2D eigenvalue weighted by molar-refractivity contribution is 0.583. The number of halogens is 1. The lowest BCUT2D eigenvalue weighted by Gasteiger charge is -2.19. The lowest BCUT2D eigenvalue weighted by Crippen LogP contribution is -2.12. The molecule has 0 unspecified atom stereocenters. The maximum Gasteiger partial charge on any atom is 0.109 e. The Kier molecular flexibility index (Phi) is 2.33. The zero-order valence-electron chi connectivity index (χ0n) is 7.06. The highest BCUT2D eigenvalue weighted by molar-refractivity contribution is 9.10. The SMILES string of the molecule is CC(C)(C)c1cccnc1Br. The van der Waals surface area contributed by atoms with Gasteiger partial charge in [-0.2, -0.15) is 0 Å². The smallest absolute Gasteiger partial charge is 0.109 e. The van der Waals surface area contributed by atoms with Crippen molar-refractivity contribution in [2.45, 2.75) is 26.2 Å². The molecule has 0 amide bonds. The van der Waals surface area contributed by atoms with E-state index in [-0.39, 0.29) is 5.41 Å². The van der Waals surface area contributed by atoms with E-state index in [1.807, 2.05) is 6.07 Å². The van der Waals surface area contributed by atoms with Crippen LogP contribution >= 0.6 is 15.9 Å². The molecule has 0 aliphatic carbocycles. The van der Waals surface area contributed by atoms with Crippen molar-refractivity contribution in [3.8, 4) is 0 Å². The van der Waals surface area contributed by atoms with Crippen LogP contribution < -0.4 is 0 Å². The maximum absolute atomic E-state index is 4.16. The minimum atomic E-state index is 0.174. The van der Waals surface area contributed by atoms with E-state index in [9.17, 15) is 0 Å². The van der Waals surface area contributed by atoms with Crippen molar-refractivity contribution in [1.82, 2.24) is 4.98 Å². The second-order valence-electron chi connectivity index (χ2n) is 3.59. The number of nitrogens with zero attached hydrogens (tertiary/aromatic N) is 1. The van der Waals surface area contributed by atoms with Crippen LogP contribution in [0.25, 0.3) is 0 Å². The highest BCUT2D eigenvalue weighted by atomic mass is 79.9. The number of aromatic nitrogens is 1. The topological polar surface area (TPSA) is 12.9 Å². The molecule has 0 spiro atoms. The standard InChI is InChI=1S/C9H12BrN/c1-9(2,3)7-5-4-6-11-8(7)10/h4-6H,1-3H3. The van der Waals surface area contributed by atoms with Crippen LogP contribution in [0.2, 0.25) is 0 Å². The molecule has 11 heavy (non-hydrogen) atoms. The molecule has 0 saturated carbocycles. The molecule has 0 radical (unpaired) electrons. The zero-order valence-corrected chi connectivity index (χ0v) is 8.64. The Balaban J connectivity index is 3.14. The summed E-state index contributed by atoms with van der Waals surface area (Å²) >= 11 is 3.42. The Hall–Kier alpha value is -0.370. The van der Waals surface area contributed by atoms with E-state index in [1.165, 1.54) is 5.56 Å². The third-order valence-electron chi connectivity index (χ3n) is 1.57. The Labute approximate surface area is 76.0 Å². The van der Waals surface area contributed by atoms with E-state index >= 15 is 0 Å². The molecule has 0 fully saturated rings. The van der Waals surface area contributed by atoms with Gasteiger partial charge in [0.25, 0.3) is 0 Å². The molecule has 1 heterocycles. The van der Waals surface area contributed by atoms with E-state index in [0.29, 0.717) is 0 Å². The van der Waals surface area contributed by atoms with Gasteiger partial charge in [0.15, 0.2) is 0 Å². The second kappa shape index (κ2) is 2.94. The Morgan fingerprint density at radius 1 is 1.36 bits per heavy atom. The van der Waals surface area contributed by atoms with Gasteiger partial charge in [-0.1, -0.05) is 26.8 Å². The minimum Gasteiger partial charge on any atom is -0.249 e. The number of hydrogen-bond donors (Lipinski definition) is 0. The molecule has 0 aliphatic rings. The summed E-state index contributed by atoms with van der Waals surface area (Å²) in [6.45, 7) is 6.53. The average Bonchev–Trinajstić information content (AvgIpc) is 1.86. The highest BCUT2D eigenvalue weighted by Gasteiger charge is 2.16. The van der Waals surface area contributed by atoms with Crippen molar-refractivity contribution in [3.05, 3.63) is 28.5 Å². The predicted octanol–water partition coefficient (Wildman–Crippen LogP) is 3.14. The van der Waals surface area contributed by atoms with E-state index in [4.69, 9.17) is 0 Å². The molecule has 0 aromatic carbocycles. The molecule has 1 aromatic rings. The van der Waals surface area contributed by atoms with Crippen LogP contribution in [0.5, 0.6) is 0 Å². The van der Waals surface area contributed by atoms with Gasteiger partial charge < -0.3 is 0 Å². The minimum absolute atomic E-state index is 0.174. The largest absolute Gasteiger partial charge is 0.249 e. The molecule has 1 rings (SSSR count). The van der Waals surface area contributed by atoms with E-state index in [0.717, 1.165) is 4.60 Å². The summed E-state index contributed by atoms with van der Waals surface area (Å²) in [7, 11) is 0. The molecule has 0 N–H and O–H groups in total. The molecule has 0 bridgehead atoms. The second-order valence-corrected chi connectivity index (χ2v) is 4.34. The fourth-order valence-corrected chi connectivity index (χ4v) is 1.79. The van der Waals surface area contributed by atoms with E-state index in [2.05, 4.69) is 47.8 Å².